The van der Waals surface area contributed by atoms with E-state index in [-0.39, 0.29) is 17.2 Å². The minimum absolute atomic E-state index is 0.147. The zero-order valence-electron chi connectivity index (χ0n) is 15.3. The van der Waals surface area contributed by atoms with Crippen LogP contribution < -0.4 is 25.6 Å². The zero-order chi connectivity index (χ0) is 22.1. The Labute approximate surface area is 173 Å². The quantitative estimate of drug-likeness (QED) is 0.397. The summed E-state index contributed by atoms with van der Waals surface area (Å²) in [5.41, 5.74) is 5.99. The first kappa shape index (κ1) is 21.2. The fourth-order valence-electron chi connectivity index (χ4n) is 2.42. The van der Waals surface area contributed by atoms with E-state index in [1.54, 1.807) is 19.3 Å². The number of amides is 1. The maximum Gasteiger partial charge on any atom is 0.292 e. The number of nitrogens with one attached hydrogen (secondary N) is 2. The number of halogens is 1. The SMILES string of the molecule is Cn1c(N)cc[n+]1CC(=O)Nc1ccc(S(=O)(=O)Nc2scnc2C(=O)[O-])cc1F. The summed E-state index contributed by atoms with van der Waals surface area (Å²) in [6.45, 7) is -0.147. The Balaban J connectivity index is 1.75. The van der Waals surface area contributed by atoms with Gasteiger partial charge < -0.3 is 21.0 Å². The van der Waals surface area contributed by atoms with Crippen molar-refractivity contribution < 1.29 is 32.2 Å². The van der Waals surface area contributed by atoms with Gasteiger partial charge in [-0.1, -0.05) is 0 Å². The molecule has 0 spiro atoms. The van der Waals surface area contributed by atoms with Gasteiger partial charge >= 0.3 is 0 Å². The van der Waals surface area contributed by atoms with Crippen molar-refractivity contribution in [1.29, 1.82) is 0 Å². The highest BCUT2D eigenvalue weighted by Crippen LogP contribution is 2.25. The van der Waals surface area contributed by atoms with Gasteiger partial charge in [0.05, 0.1) is 35.2 Å². The van der Waals surface area contributed by atoms with Gasteiger partial charge in [-0.3, -0.25) is 9.52 Å². The number of carboxylic acid groups (broad SMARTS) is 1. The number of thiazole rings is 1. The van der Waals surface area contributed by atoms with E-state index < -0.39 is 38.3 Å². The lowest BCUT2D eigenvalue weighted by atomic mass is 10.3. The molecule has 1 aromatic carbocycles. The second-order valence-electron chi connectivity index (χ2n) is 5.97. The first-order valence-corrected chi connectivity index (χ1v) is 10.5. The second kappa shape index (κ2) is 8.08. The van der Waals surface area contributed by atoms with Gasteiger partial charge in [0.2, 0.25) is 6.54 Å². The van der Waals surface area contributed by atoms with E-state index in [1.807, 2.05) is 4.72 Å². The topological polar surface area (TPSA) is 163 Å². The third kappa shape index (κ3) is 4.38. The van der Waals surface area contributed by atoms with Crippen molar-refractivity contribution in [3.05, 3.63) is 47.5 Å². The number of nitrogen functional groups attached to an aromatic ring is 1. The first-order chi connectivity index (χ1) is 14.1. The van der Waals surface area contributed by atoms with Gasteiger partial charge in [0.25, 0.3) is 15.9 Å². The van der Waals surface area contributed by atoms with Gasteiger partial charge in [0.15, 0.2) is 12.0 Å². The Kier molecular flexibility index (Phi) is 5.71. The van der Waals surface area contributed by atoms with Crippen LogP contribution in [-0.4, -0.2) is 30.0 Å². The molecule has 0 saturated heterocycles. The Hall–Kier alpha value is -3.52. The Morgan fingerprint density at radius 1 is 1.37 bits per heavy atom. The van der Waals surface area contributed by atoms with Gasteiger partial charge in [0, 0.05) is 0 Å². The average molecular weight is 454 g/mol. The molecule has 4 N–H and O–H groups in total. The van der Waals surface area contributed by atoms with Crippen LogP contribution in [0.5, 0.6) is 0 Å². The molecule has 0 aliphatic carbocycles. The van der Waals surface area contributed by atoms with Gasteiger partial charge in [-0.2, -0.15) is 0 Å². The average Bonchev–Trinajstić information content (AvgIpc) is 3.24. The van der Waals surface area contributed by atoms with Crippen molar-refractivity contribution in [2.75, 3.05) is 15.8 Å². The minimum Gasteiger partial charge on any atom is -0.543 e. The van der Waals surface area contributed by atoms with E-state index in [0.717, 1.165) is 29.0 Å². The minimum atomic E-state index is -4.30. The van der Waals surface area contributed by atoms with Crippen molar-refractivity contribution in [1.82, 2.24) is 9.67 Å². The fourth-order valence-corrected chi connectivity index (χ4v) is 4.42. The molecule has 1 amide bonds. The summed E-state index contributed by atoms with van der Waals surface area (Å²) >= 11 is 0.733. The monoisotopic (exact) mass is 454 g/mol. The molecule has 0 bridgehead atoms. The molecule has 0 fully saturated rings. The Morgan fingerprint density at radius 3 is 2.70 bits per heavy atom. The van der Waals surface area contributed by atoms with Crippen molar-refractivity contribution in [3.8, 4) is 0 Å². The first-order valence-electron chi connectivity index (χ1n) is 8.16. The summed E-state index contributed by atoms with van der Waals surface area (Å²) in [4.78, 5) is 26.1. The number of rotatable bonds is 7. The summed E-state index contributed by atoms with van der Waals surface area (Å²) in [7, 11) is -2.66. The standard InChI is InChI=1S/C16H15FN6O5S2/c1-22-12(18)4-5-23(22)7-13(24)20-11-3-2-9(6-10(11)17)30(27,28)21-15-14(16(25)26)19-8-29-15/h2-6,8,18,21H,7H2,1H3,(H2,20,24,25,26). The van der Waals surface area contributed by atoms with Crippen molar-refractivity contribution >= 4 is 49.7 Å². The van der Waals surface area contributed by atoms with Crippen LogP contribution in [-0.2, 0) is 28.4 Å². The molecule has 0 unspecified atom stereocenters. The van der Waals surface area contributed by atoms with Crippen LogP contribution in [0.15, 0.2) is 40.9 Å². The van der Waals surface area contributed by atoms with Gasteiger partial charge in [-0.05, 0) is 18.2 Å². The Bertz CT molecular complexity index is 1240. The number of hydrogen-bond acceptors (Lipinski definition) is 8. The molecular formula is C16H15FN6O5S2. The summed E-state index contributed by atoms with van der Waals surface area (Å²) < 4.78 is 44.3. The number of carbonyl (C=O) groups excluding carboxylic acids is 2. The van der Waals surface area contributed by atoms with Crippen molar-refractivity contribution in [3.63, 3.8) is 0 Å². The molecule has 2 heterocycles. The molecule has 2 aromatic heterocycles. The third-order valence-electron chi connectivity index (χ3n) is 3.99. The van der Waals surface area contributed by atoms with Crippen LogP contribution in [0.1, 0.15) is 10.5 Å². The number of carbonyl (C=O) groups is 2. The molecule has 0 aliphatic rings. The molecule has 14 heteroatoms. The molecule has 0 saturated carbocycles. The lowest BCUT2D eigenvalue weighted by Gasteiger charge is -2.10. The number of hydrogen-bond donors (Lipinski definition) is 3. The number of nitrogens with zero attached hydrogens (tertiary/aromatic N) is 3. The largest absolute Gasteiger partial charge is 0.543 e. The van der Waals surface area contributed by atoms with Gasteiger partial charge in [-0.15, -0.1) is 20.7 Å². The number of anilines is 3. The molecule has 0 radical (unpaired) electrons. The molecule has 3 aromatic rings. The Morgan fingerprint density at radius 2 is 2.10 bits per heavy atom. The van der Waals surface area contributed by atoms with Gasteiger partial charge in [0.1, 0.15) is 16.5 Å². The number of aromatic nitrogens is 3. The van der Waals surface area contributed by atoms with Gasteiger partial charge in [-0.25, -0.2) is 17.8 Å². The highest BCUT2D eigenvalue weighted by molar-refractivity contribution is 7.93. The third-order valence-corrected chi connectivity index (χ3v) is 6.21. The fraction of sp³-hybridized carbons (Fsp3) is 0.125. The van der Waals surface area contributed by atoms with Crippen LogP contribution in [0, 0.1) is 5.82 Å². The molecular weight excluding hydrogens is 439 g/mol. The smallest absolute Gasteiger partial charge is 0.292 e. The maximum absolute atomic E-state index is 14.4. The van der Waals surface area contributed by atoms with E-state index in [2.05, 4.69) is 10.3 Å². The van der Waals surface area contributed by atoms with E-state index in [4.69, 9.17) is 5.73 Å². The summed E-state index contributed by atoms with van der Waals surface area (Å²) in [6.07, 6.45) is 1.58. The summed E-state index contributed by atoms with van der Waals surface area (Å²) in [5, 5.41) is 13.0. The number of benzene rings is 1. The van der Waals surface area contributed by atoms with Crippen LogP contribution in [0.25, 0.3) is 0 Å². The molecule has 0 atom stereocenters. The summed E-state index contributed by atoms with van der Waals surface area (Å²) in [6, 6.07) is 4.44. The molecule has 11 nitrogen and oxygen atoms in total. The number of carboxylic acids is 1. The van der Waals surface area contributed by atoms with Crippen LogP contribution in [0.4, 0.5) is 20.9 Å². The lowest BCUT2D eigenvalue weighted by molar-refractivity contribution is -0.760. The van der Waals surface area contributed by atoms with E-state index in [0.29, 0.717) is 11.9 Å². The van der Waals surface area contributed by atoms with Crippen LogP contribution in [0.3, 0.4) is 0 Å². The van der Waals surface area contributed by atoms with E-state index in [9.17, 15) is 27.5 Å². The van der Waals surface area contributed by atoms with E-state index in [1.165, 1.54) is 9.36 Å². The molecule has 158 valence electrons. The number of nitrogens with two attached hydrogens (primary N) is 1. The predicted octanol–water partition coefficient (Wildman–Crippen LogP) is -0.707. The highest BCUT2D eigenvalue weighted by atomic mass is 32.2. The normalized spacial score (nSPS) is 11.3. The highest BCUT2D eigenvalue weighted by Gasteiger charge is 2.21. The number of sulfonamides is 1. The van der Waals surface area contributed by atoms with E-state index >= 15 is 0 Å². The molecule has 3 rings (SSSR count). The molecule has 30 heavy (non-hydrogen) atoms. The molecule has 0 aliphatic heterocycles. The number of aromatic carboxylic acids is 1. The van der Waals surface area contributed by atoms with Crippen LogP contribution in [0.2, 0.25) is 0 Å². The maximum atomic E-state index is 14.4. The predicted molar refractivity (Wildman–Crippen MR) is 102 cm³/mol. The van der Waals surface area contributed by atoms with Crippen LogP contribution >= 0.6 is 11.3 Å². The zero-order valence-corrected chi connectivity index (χ0v) is 17.0. The second-order valence-corrected chi connectivity index (χ2v) is 8.51. The summed E-state index contributed by atoms with van der Waals surface area (Å²) in [5.74, 6) is -2.78. The lowest BCUT2D eigenvalue weighted by Crippen LogP contribution is -2.46. The van der Waals surface area contributed by atoms with Crippen molar-refractivity contribution in [2.24, 2.45) is 7.05 Å². The van der Waals surface area contributed by atoms with Crippen molar-refractivity contribution in [2.45, 2.75) is 11.4 Å².